The van der Waals surface area contributed by atoms with Crippen molar-refractivity contribution in [2.24, 2.45) is 5.73 Å². The Balaban J connectivity index is 1.56. The number of primary amides is 1. The number of piperidine rings is 2. The zero-order valence-electron chi connectivity index (χ0n) is 18.0. The van der Waals surface area contributed by atoms with E-state index in [0.717, 1.165) is 48.0 Å². The maximum atomic E-state index is 12.5. The second kappa shape index (κ2) is 8.85. The number of benzene rings is 2. The van der Waals surface area contributed by atoms with Crippen LogP contribution in [0.5, 0.6) is 5.75 Å². The minimum Gasteiger partial charge on any atom is -0.497 e. The predicted octanol–water partition coefficient (Wildman–Crippen LogP) is 2.78. The summed E-state index contributed by atoms with van der Waals surface area (Å²) >= 11 is 0. The van der Waals surface area contributed by atoms with Gasteiger partial charge in [-0.05, 0) is 73.3 Å². The summed E-state index contributed by atoms with van der Waals surface area (Å²) < 4.78 is 5.28. The Labute approximate surface area is 182 Å². The topological polar surface area (TPSA) is 96.1 Å². The Morgan fingerprint density at radius 2 is 1.65 bits per heavy atom. The van der Waals surface area contributed by atoms with E-state index < -0.39 is 17.6 Å². The molecule has 2 aromatic rings. The third kappa shape index (κ3) is 4.12. The molecule has 0 aromatic heterocycles. The molecule has 2 saturated heterocycles. The van der Waals surface area contributed by atoms with Crippen molar-refractivity contribution in [3.8, 4) is 5.75 Å². The smallest absolute Gasteiger partial charge is 0.325 e. The molecule has 0 aliphatic carbocycles. The Morgan fingerprint density at radius 1 is 1.00 bits per heavy atom. The molecule has 4 rings (SSSR count). The highest BCUT2D eigenvalue weighted by Gasteiger charge is 2.46. The van der Waals surface area contributed by atoms with Crippen LogP contribution in [0.25, 0.3) is 10.8 Å². The normalized spacial score (nSPS) is 20.9. The molecule has 2 aliphatic rings. The summed E-state index contributed by atoms with van der Waals surface area (Å²) in [6, 6.07) is 10.8. The van der Waals surface area contributed by atoms with E-state index >= 15 is 0 Å². The highest BCUT2D eigenvalue weighted by molar-refractivity contribution is 5.87. The standard InChI is InChI=1S/C24H31N3O4/c1-31-20-8-7-17-15-19(6-5-18(17)16-20)21(22(28)29)26-13-9-24(10-14-26,23(25)30)27-11-3-2-4-12-27/h5-8,15-16,21H,2-4,9-14H2,1H3,(H2,25,30)(H,28,29). The summed E-state index contributed by atoms with van der Waals surface area (Å²) in [5.41, 5.74) is 5.98. The fourth-order valence-corrected chi connectivity index (χ4v) is 5.24. The Bertz CT molecular complexity index is 962. The SMILES string of the molecule is COc1ccc2cc(C(C(=O)O)N3CCC(C(N)=O)(N4CCCCC4)CC3)ccc2c1. The molecule has 2 aliphatic heterocycles. The van der Waals surface area contributed by atoms with Crippen molar-refractivity contribution in [3.05, 3.63) is 42.0 Å². The van der Waals surface area contributed by atoms with Crippen LogP contribution in [0.2, 0.25) is 0 Å². The van der Waals surface area contributed by atoms with Gasteiger partial charge in [0.25, 0.3) is 0 Å². The number of carbonyl (C=O) groups excluding carboxylic acids is 1. The third-order valence-electron chi connectivity index (χ3n) is 7.03. The van der Waals surface area contributed by atoms with Gasteiger partial charge < -0.3 is 15.6 Å². The number of amides is 1. The van der Waals surface area contributed by atoms with Crippen molar-refractivity contribution < 1.29 is 19.4 Å². The number of carboxylic acid groups (broad SMARTS) is 1. The van der Waals surface area contributed by atoms with E-state index in [4.69, 9.17) is 10.5 Å². The van der Waals surface area contributed by atoms with Crippen LogP contribution in [0, 0.1) is 0 Å². The first-order valence-corrected chi connectivity index (χ1v) is 11.0. The zero-order valence-corrected chi connectivity index (χ0v) is 18.0. The number of nitrogens with two attached hydrogens (primary N) is 1. The molecule has 2 aromatic carbocycles. The van der Waals surface area contributed by atoms with Crippen molar-refractivity contribution in [1.29, 1.82) is 0 Å². The van der Waals surface area contributed by atoms with E-state index in [9.17, 15) is 14.7 Å². The molecule has 2 fully saturated rings. The largest absolute Gasteiger partial charge is 0.497 e. The molecule has 3 N–H and O–H groups in total. The van der Waals surface area contributed by atoms with Gasteiger partial charge in [0.1, 0.15) is 17.3 Å². The second-order valence-corrected chi connectivity index (χ2v) is 8.69. The van der Waals surface area contributed by atoms with Gasteiger partial charge in [-0.1, -0.05) is 24.6 Å². The Hall–Kier alpha value is -2.64. The predicted molar refractivity (Wildman–Crippen MR) is 119 cm³/mol. The van der Waals surface area contributed by atoms with Gasteiger partial charge in [-0.2, -0.15) is 0 Å². The number of carbonyl (C=O) groups is 2. The molecule has 166 valence electrons. The van der Waals surface area contributed by atoms with Crippen LogP contribution < -0.4 is 10.5 Å². The Morgan fingerprint density at radius 3 is 2.26 bits per heavy atom. The molecular formula is C24H31N3O4. The summed E-state index contributed by atoms with van der Waals surface area (Å²) in [5.74, 6) is -0.385. The molecule has 0 radical (unpaired) electrons. The molecule has 7 heteroatoms. The van der Waals surface area contributed by atoms with Gasteiger partial charge in [-0.25, -0.2) is 0 Å². The summed E-state index contributed by atoms with van der Waals surface area (Å²) in [4.78, 5) is 29.0. The van der Waals surface area contributed by atoms with E-state index in [1.54, 1.807) is 7.11 Å². The lowest BCUT2D eigenvalue weighted by atomic mass is 9.82. The average Bonchev–Trinajstić information content (AvgIpc) is 2.79. The number of aliphatic carboxylic acids is 1. The first-order valence-electron chi connectivity index (χ1n) is 11.0. The van der Waals surface area contributed by atoms with Crippen LogP contribution in [-0.2, 0) is 9.59 Å². The molecule has 2 heterocycles. The van der Waals surface area contributed by atoms with Crippen LogP contribution in [0.15, 0.2) is 36.4 Å². The number of ether oxygens (including phenoxy) is 1. The highest BCUT2D eigenvalue weighted by atomic mass is 16.5. The van der Waals surface area contributed by atoms with Crippen molar-refractivity contribution in [2.45, 2.75) is 43.7 Å². The monoisotopic (exact) mass is 425 g/mol. The summed E-state index contributed by atoms with van der Waals surface area (Å²) in [5, 5.41) is 12.0. The van der Waals surface area contributed by atoms with Crippen LogP contribution >= 0.6 is 0 Å². The number of likely N-dealkylation sites (tertiary alicyclic amines) is 2. The number of carboxylic acids is 1. The number of hydrogen-bond acceptors (Lipinski definition) is 5. The lowest BCUT2D eigenvalue weighted by molar-refractivity contribution is -0.146. The maximum Gasteiger partial charge on any atom is 0.325 e. The molecule has 0 bridgehead atoms. The summed E-state index contributed by atoms with van der Waals surface area (Å²) in [7, 11) is 1.63. The molecule has 7 nitrogen and oxygen atoms in total. The first-order chi connectivity index (χ1) is 14.9. The van der Waals surface area contributed by atoms with Crippen molar-refractivity contribution >= 4 is 22.6 Å². The number of hydrogen-bond donors (Lipinski definition) is 2. The summed E-state index contributed by atoms with van der Waals surface area (Å²) in [6.07, 6.45) is 4.48. The Kier molecular flexibility index (Phi) is 6.16. The number of nitrogens with zero attached hydrogens (tertiary/aromatic N) is 2. The molecule has 1 unspecified atom stereocenters. The fraction of sp³-hybridized carbons (Fsp3) is 0.500. The van der Waals surface area contributed by atoms with Gasteiger partial charge >= 0.3 is 5.97 Å². The highest BCUT2D eigenvalue weighted by Crippen LogP contribution is 2.35. The minimum absolute atomic E-state index is 0.277. The van der Waals surface area contributed by atoms with E-state index in [2.05, 4.69) is 4.90 Å². The van der Waals surface area contributed by atoms with Crippen LogP contribution in [0.3, 0.4) is 0 Å². The second-order valence-electron chi connectivity index (χ2n) is 8.69. The number of fused-ring (bicyclic) bond motifs is 1. The summed E-state index contributed by atoms with van der Waals surface area (Å²) in [6.45, 7) is 2.83. The van der Waals surface area contributed by atoms with E-state index in [1.807, 2.05) is 41.3 Å². The fourth-order valence-electron chi connectivity index (χ4n) is 5.24. The molecule has 0 spiro atoms. The molecule has 1 atom stereocenters. The first kappa shape index (κ1) is 21.6. The van der Waals surface area contributed by atoms with Crippen molar-refractivity contribution in [2.75, 3.05) is 33.3 Å². The molecule has 0 saturated carbocycles. The minimum atomic E-state index is -0.877. The van der Waals surface area contributed by atoms with Crippen molar-refractivity contribution in [3.63, 3.8) is 0 Å². The van der Waals surface area contributed by atoms with Gasteiger partial charge in [0.05, 0.1) is 7.11 Å². The zero-order chi connectivity index (χ0) is 22.0. The van der Waals surface area contributed by atoms with Gasteiger partial charge in [-0.15, -0.1) is 0 Å². The maximum absolute atomic E-state index is 12.5. The van der Waals surface area contributed by atoms with Crippen molar-refractivity contribution in [1.82, 2.24) is 9.80 Å². The lowest BCUT2D eigenvalue weighted by Gasteiger charge is -2.49. The quantitative estimate of drug-likeness (QED) is 0.739. The number of rotatable bonds is 6. The molecular weight excluding hydrogens is 394 g/mol. The van der Waals surface area contributed by atoms with E-state index in [-0.39, 0.29) is 5.91 Å². The lowest BCUT2D eigenvalue weighted by Crippen LogP contribution is -2.63. The van der Waals surface area contributed by atoms with Crippen LogP contribution in [0.4, 0.5) is 0 Å². The van der Waals surface area contributed by atoms with E-state index in [1.165, 1.54) is 6.42 Å². The van der Waals surface area contributed by atoms with Gasteiger partial charge in [0, 0.05) is 13.1 Å². The van der Waals surface area contributed by atoms with Crippen LogP contribution in [-0.4, -0.2) is 65.6 Å². The van der Waals surface area contributed by atoms with Gasteiger partial charge in [-0.3, -0.25) is 19.4 Å². The van der Waals surface area contributed by atoms with E-state index in [0.29, 0.717) is 25.9 Å². The number of methoxy groups -OCH3 is 1. The molecule has 31 heavy (non-hydrogen) atoms. The van der Waals surface area contributed by atoms with Gasteiger partial charge in [0.15, 0.2) is 0 Å². The third-order valence-corrected chi connectivity index (χ3v) is 7.03. The average molecular weight is 426 g/mol. The van der Waals surface area contributed by atoms with Gasteiger partial charge in [0.2, 0.25) is 5.91 Å². The molecule has 1 amide bonds. The van der Waals surface area contributed by atoms with Crippen LogP contribution in [0.1, 0.15) is 43.7 Å².